The molecule has 4 unspecified atom stereocenters. The quantitative estimate of drug-likeness (QED) is 0.739. The van der Waals surface area contributed by atoms with E-state index < -0.39 is 0 Å². The summed E-state index contributed by atoms with van der Waals surface area (Å²) in [6.07, 6.45) is 4.46. The van der Waals surface area contributed by atoms with Gasteiger partial charge < -0.3 is 14.6 Å². The molecule has 17 heavy (non-hydrogen) atoms. The fourth-order valence-electron chi connectivity index (χ4n) is 2.51. The van der Waals surface area contributed by atoms with Crippen molar-refractivity contribution in [2.45, 2.75) is 44.8 Å². The number of hydrogen-bond donors (Lipinski definition) is 1. The van der Waals surface area contributed by atoms with Crippen molar-refractivity contribution in [1.29, 1.82) is 0 Å². The largest absolute Gasteiger partial charge is 0.396 e. The van der Waals surface area contributed by atoms with Gasteiger partial charge in [-0.1, -0.05) is 0 Å². The molecule has 1 N–H and O–H groups in total. The highest BCUT2D eigenvalue weighted by Gasteiger charge is 2.43. The van der Waals surface area contributed by atoms with E-state index in [0.29, 0.717) is 18.4 Å². The van der Waals surface area contributed by atoms with Crippen LogP contribution < -0.4 is 0 Å². The summed E-state index contributed by atoms with van der Waals surface area (Å²) in [7, 11) is 0. The minimum absolute atomic E-state index is 0.186. The lowest BCUT2D eigenvalue weighted by Crippen LogP contribution is -2.31. The molecule has 0 aromatic heterocycles. The van der Waals surface area contributed by atoms with Gasteiger partial charge in [0.2, 0.25) is 0 Å². The monoisotopic (exact) mass is 238 g/mol. The van der Waals surface area contributed by atoms with Crippen LogP contribution in [0.1, 0.15) is 32.6 Å². The molecule has 0 amide bonds. The molecule has 0 aromatic carbocycles. The number of rotatable bonds is 5. The molecule has 1 aliphatic carbocycles. The van der Waals surface area contributed by atoms with Crippen molar-refractivity contribution in [3.63, 3.8) is 0 Å². The van der Waals surface area contributed by atoms with Crippen LogP contribution in [0, 0.1) is 23.7 Å². The maximum Gasteiger partial charge on any atom is 0.0813 e. The van der Waals surface area contributed by atoms with Crippen molar-refractivity contribution in [2.75, 3.05) is 19.8 Å². The Balaban J connectivity index is 1.83. The van der Waals surface area contributed by atoms with Crippen molar-refractivity contribution in [3.8, 4) is 11.8 Å². The lowest BCUT2D eigenvalue weighted by Gasteiger charge is -2.27. The average Bonchev–Trinajstić information content (AvgIpc) is 3.15. The summed E-state index contributed by atoms with van der Waals surface area (Å²) in [4.78, 5) is 0. The van der Waals surface area contributed by atoms with E-state index in [1.807, 2.05) is 6.92 Å². The molecule has 96 valence electrons. The second-order valence-electron chi connectivity index (χ2n) is 4.99. The first-order valence-electron chi connectivity index (χ1n) is 6.58. The summed E-state index contributed by atoms with van der Waals surface area (Å²) in [6.45, 7) is 3.72. The molecule has 0 bridgehead atoms. The molecular weight excluding hydrogens is 216 g/mol. The maximum atomic E-state index is 9.14. The Morgan fingerprint density at radius 3 is 3.00 bits per heavy atom. The number of aliphatic hydroxyl groups excluding tert-OH is 1. The zero-order chi connectivity index (χ0) is 12.1. The van der Waals surface area contributed by atoms with Crippen molar-refractivity contribution in [1.82, 2.24) is 0 Å². The van der Waals surface area contributed by atoms with Gasteiger partial charge in [0.05, 0.1) is 18.8 Å². The van der Waals surface area contributed by atoms with Gasteiger partial charge in [-0.15, -0.1) is 11.8 Å². The summed E-state index contributed by atoms with van der Waals surface area (Å²) in [5.74, 6) is 6.97. The van der Waals surface area contributed by atoms with Gasteiger partial charge >= 0.3 is 0 Å². The summed E-state index contributed by atoms with van der Waals surface area (Å²) in [5, 5.41) is 9.14. The molecule has 1 aliphatic heterocycles. The zero-order valence-electron chi connectivity index (χ0n) is 10.5. The highest BCUT2D eigenvalue weighted by molar-refractivity contribution is 5.02. The van der Waals surface area contributed by atoms with Crippen LogP contribution in [0.25, 0.3) is 0 Å². The molecule has 0 spiro atoms. The van der Waals surface area contributed by atoms with Crippen molar-refractivity contribution in [2.24, 2.45) is 11.8 Å². The topological polar surface area (TPSA) is 38.7 Å². The van der Waals surface area contributed by atoms with Crippen LogP contribution in [0.2, 0.25) is 0 Å². The van der Waals surface area contributed by atoms with Crippen LogP contribution in [0.3, 0.4) is 0 Å². The Kier molecular flexibility index (Phi) is 4.85. The molecule has 3 nitrogen and oxygen atoms in total. The van der Waals surface area contributed by atoms with Crippen LogP contribution in [0.5, 0.6) is 0 Å². The van der Waals surface area contributed by atoms with Crippen LogP contribution in [0.15, 0.2) is 0 Å². The van der Waals surface area contributed by atoms with Crippen LogP contribution in [-0.4, -0.2) is 37.1 Å². The highest BCUT2D eigenvalue weighted by Crippen LogP contribution is 2.43. The van der Waals surface area contributed by atoms with Gasteiger partial charge in [0.25, 0.3) is 0 Å². The normalized spacial score (nSPS) is 33.6. The molecule has 1 heterocycles. The fourth-order valence-corrected chi connectivity index (χ4v) is 2.51. The second-order valence-corrected chi connectivity index (χ2v) is 4.99. The minimum atomic E-state index is 0.186. The summed E-state index contributed by atoms with van der Waals surface area (Å²) < 4.78 is 11.5. The van der Waals surface area contributed by atoms with Crippen molar-refractivity contribution in [3.05, 3.63) is 0 Å². The summed E-state index contributed by atoms with van der Waals surface area (Å²) >= 11 is 0. The molecule has 0 aromatic rings. The lowest BCUT2D eigenvalue weighted by molar-refractivity contribution is -0.0901. The van der Waals surface area contributed by atoms with E-state index in [4.69, 9.17) is 14.6 Å². The Hall–Kier alpha value is -0.560. The molecule has 0 radical (unpaired) electrons. The highest BCUT2D eigenvalue weighted by atomic mass is 16.5. The van der Waals surface area contributed by atoms with E-state index in [0.717, 1.165) is 32.3 Å². The van der Waals surface area contributed by atoms with E-state index in [2.05, 4.69) is 11.8 Å². The average molecular weight is 238 g/mol. The zero-order valence-corrected chi connectivity index (χ0v) is 10.5. The number of ether oxygens (including phenoxy) is 2. The van der Waals surface area contributed by atoms with Crippen molar-refractivity contribution < 1.29 is 14.6 Å². The lowest BCUT2D eigenvalue weighted by atomic mass is 10.1. The van der Waals surface area contributed by atoms with Crippen LogP contribution in [-0.2, 0) is 9.47 Å². The Morgan fingerprint density at radius 2 is 2.41 bits per heavy atom. The van der Waals surface area contributed by atoms with Gasteiger partial charge in [-0.3, -0.25) is 0 Å². The Morgan fingerprint density at radius 1 is 1.53 bits per heavy atom. The first-order valence-corrected chi connectivity index (χ1v) is 6.58. The Labute approximate surface area is 103 Å². The smallest absolute Gasteiger partial charge is 0.0813 e. The minimum Gasteiger partial charge on any atom is -0.396 e. The van der Waals surface area contributed by atoms with Gasteiger partial charge in [-0.2, -0.15) is 0 Å². The summed E-state index contributed by atoms with van der Waals surface area (Å²) in [6, 6.07) is 0. The van der Waals surface area contributed by atoms with E-state index >= 15 is 0 Å². The molecule has 2 rings (SSSR count). The third kappa shape index (κ3) is 3.70. The molecule has 1 saturated heterocycles. The van der Waals surface area contributed by atoms with Gasteiger partial charge in [0, 0.05) is 19.6 Å². The molecule has 2 fully saturated rings. The van der Waals surface area contributed by atoms with Crippen LogP contribution >= 0.6 is 0 Å². The summed E-state index contributed by atoms with van der Waals surface area (Å²) in [5.41, 5.74) is 0. The predicted octanol–water partition coefficient (Wildman–Crippen LogP) is 1.59. The molecule has 2 aliphatic rings. The molecule has 1 saturated carbocycles. The molecule has 3 heteroatoms. The van der Waals surface area contributed by atoms with Crippen LogP contribution in [0.4, 0.5) is 0 Å². The van der Waals surface area contributed by atoms with Gasteiger partial charge in [-0.25, -0.2) is 0 Å². The van der Waals surface area contributed by atoms with E-state index in [9.17, 15) is 0 Å². The van der Waals surface area contributed by atoms with Gasteiger partial charge in [0.15, 0.2) is 0 Å². The first-order chi connectivity index (χ1) is 8.35. The predicted molar refractivity (Wildman–Crippen MR) is 65.5 cm³/mol. The van der Waals surface area contributed by atoms with E-state index in [1.165, 1.54) is 0 Å². The van der Waals surface area contributed by atoms with Crippen molar-refractivity contribution >= 4 is 0 Å². The number of hydrogen-bond acceptors (Lipinski definition) is 3. The molecular formula is C14H22O3. The maximum absolute atomic E-state index is 9.14. The van der Waals surface area contributed by atoms with E-state index in [1.54, 1.807) is 0 Å². The first kappa shape index (κ1) is 12.9. The third-order valence-electron chi connectivity index (χ3n) is 3.66. The SMILES string of the molecule is CC#CCC(OC1CCCOC1)C1CC1CO. The van der Waals surface area contributed by atoms with Gasteiger partial charge in [-0.05, 0) is 38.0 Å². The Bertz CT molecular complexity index is 286. The standard InChI is InChI=1S/C14H22O3/c1-2-3-6-14(13-8-11(13)9-15)17-12-5-4-7-16-10-12/h11-15H,4-10H2,1H3. The molecule has 4 atom stereocenters. The van der Waals surface area contributed by atoms with E-state index in [-0.39, 0.29) is 18.8 Å². The third-order valence-corrected chi connectivity index (χ3v) is 3.66. The number of aliphatic hydroxyl groups is 1. The fraction of sp³-hybridized carbons (Fsp3) is 0.857. The second kappa shape index (κ2) is 6.39. The van der Waals surface area contributed by atoms with Gasteiger partial charge in [0.1, 0.15) is 0 Å².